The molecule has 128 valence electrons. The Bertz CT molecular complexity index is 911. The van der Waals surface area contributed by atoms with Gasteiger partial charge in [0.1, 0.15) is 5.82 Å². The molecule has 3 heterocycles. The van der Waals surface area contributed by atoms with Gasteiger partial charge in [-0.1, -0.05) is 18.6 Å². The third-order valence-corrected chi connectivity index (χ3v) is 4.64. The van der Waals surface area contributed by atoms with Gasteiger partial charge in [-0.05, 0) is 42.5 Å². The molecule has 2 aromatic heterocycles. The molecule has 1 atom stereocenters. The Hall–Kier alpha value is -2.73. The minimum Gasteiger partial charge on any atom is -0.309 e. The van der Waals surface area contributed by atoms with Gasteiger partial charge in [-0.15, -0.1) is 0 Å². The van der Waals surface area contributed by atoms with Gasteiger partial charge in [0, 0.05) is 30.4 Å². The van der Waals surface area contributed by atoms with Crippen molar-refractivity contribution in [1.29, 1.82) is 0 Å². The second-order valence-corrected chi connectivity index (χ2v) is 6.53. The fourth-order valence-corrected chi connectivity index (χ4v) is 3.25. The predicted octanol–water partition coefficient (Wildman–Crippen LogP) is 2.72. The van der Waals surface area contributed by atoms with Crippen LogP contribution in [0, 0.1) is 0 Å². The van der Waals surface area contributed by atoms with Crippen LogP contribution < -0.4 is 10.6 Å². The van der Waals surface area contributed by atoms with E-state index in [1.165, 1.54) is 0 Å². The SMILES string of the molecule is Cn1cc(-c2ccc3cnc(NC(=O)[C@@H]4CCCCN4)cc3c2)cn1. The van der Waals surface area contributed by atoms with Crippen LogP contribution in [0.15, 0.2) is 42.9 Å². The average Bonchev–Trinajstić information content (AvgIpc) is 3.08. The molecular weight excluding hydrogens is 314 g/mol. The largest absolute Gasteiger partial charge is 0.309 e. The molecule has 1 fully saturated rings. The van der Waals surface area contributed by atoms with Gasteiger partial charge < -0.3 is 10.6 Å². The summed E-state index contributed by atoms with van der Waals surface area (Å²) >= 11 is 0. The monoisotopic (exact) mass is 335 g/mol. The van der Waals surface area contributed by atoms with Crippen molar-refractivity contribution in [2.24, 2.45) is 7.05 Å². The van der Waals surface area contributed by atoms with Crippen LogP contribution in [-0.2, 0) is 11.8 Å². The fraction of sp³-hybridized carbons (Fsp3) is 0.316. The molecule has 1 aromatic carbocycles. The molecule has 2 N–H and O–H groups in total. The summed E-state index contributed by atoms with van der Waals surface area (Å²) in [6.45, 7) is 0.901. The maximum Gasteiger partial charge on any atom is 0.242 e. The van der Waals surface area contributed by atoms with Gasteiger partial charge in [0.25, 0.3) is 0 Å². The molecule has 0 aliphatic carbocycles. The highest BCUT2D eigenvalue weighted by molar-refractivity contribution is 5.96. The number of rotatable bonds is 3. The Morgan fingerprint density at radius 1 is 1.20 bits per heavy atom. The van der Waals surface area contributed by atoms with E-state index in [4.69, 9.17) is 0 Å². The Labute approximate surface area is 146 Å². The summed E-state index contributed by atoms with van der Waals surface area (Å²) in [5.74, 6) is 0.586. The summed E-state index contributed by atoms with van der Waals surface area (Å²) < 4.78 is 1.79. The molecule has 1 amide bonds. The topological polar surface area (TPSA) is 71.8 Å². The normalized spacial score (nSPS) is 17.6. The van der Waals surface area contributed by atoms with E-state index in [0.29, 0.717) is 5.82 Å². The van der Waals surface area contributed by atoms with Crippen LogP contribution in [0.5, 0.6) is 0 Å². The number of nitrogens with one attached hydrogen (secondary N) is 2. The summed E-state index contributed by atoms with van der Waals surface area (Å²) in [7, 11) is 1.90. The zero-order chi connectivity index (χ0) is 17.2. The quantitative estimate of drug-likeness (QED) is 0.772. The first-order valence-electron chi connectivity index (χ1n) is 8.62. The minimum absolute atomic E-state index is 0.00466. The zero-order valence-electron chi connectivity index (χ0n) is 14.2. The highest BCUT2D eigenvalue weighted by Gasteiger charge is 2.20. The lowest BCUT2D eigenvalue weighted by Crippen LogP contribution is -2.43. The lowest BCUT2D eigenvalue weighted by atomic mass is 10.0. The van der Waals surface area contributed by atoms with Gasteiger partial charge in [0.2, 0.25) is 5.91 Å². The number of amides is 1. The molecule has 0 saturated carbocycles. The predicted molar refractivity (Wildman–Crippen MR) is 98.2 cm³/mol. The van der Waals surface area contributed by atoms with Gasteiger partial charge in [0.15, 0.2) is 0 Å². The summed E-state index contributed by atoms with van der Waals surface area (Å²) in [5.41, 5.74) is 2.16. The average molecular weight is 335 g/mol. The fourth-order valence-electron chi connectivity index (χ4n) is 3.25. The second-order valence-electron chi connectivity index (χ2n) is 6.53. The smallest absolute Gasteiger partial charge is 0.242 e. The number of carbonyl (C=O) groups excluding carboxylic acids is 1. The number of nitrogens with zero attached hydrogens (tertiary/aromatic N) is 3. The molecule has 1 saturated heterocycles. The molecule has 0 spiro atoms. The van der Waals surface area contributed by atoms with Crippen molar-refractivity contribution in [2.75, 3.05) is 11.9 Å². The molecule has 0 radical (unpaired) electrons. The Morgan fingerprint density at radius 3 is 2.88 bits per heavy atom. The molecule has 25 heavy (non-hydrogen) atoms. The Kier molecular flexibility index (Phi) is 4.19. The molecule has 4 rings (SSSR count). The third kappa shape index (κ3) is 3.39. The minimum atomic E-state index is -0.118. The standard InChI is InChI=1S/C19H21N5O/c1-24-12-16(11-22-24)13-5-6-14-10-21-18(9-15(14)8-13)23-19(25)17-4-2-3-7-20-17/h5-6,8-12,17,20H,2-4,7H2,1H3,(H,21,23,25)/t17-/m0/s1. The van der Waals surface area contributed by atoms with Gasteiger partial charge in [-0.2, -0.15) is 5.10 Å². The maximum atomic E-state index is 12.4. The number of hydrogen-bond acceptors (Lipinski definition) is 4. The number of aryl methyl sites for hydroxylation is 1. The van der Waals surface area contributed by atoms with Crippen LogP contribution in [0.2, 0.25) is 0 Å². The molecule has 0 bridgehead atoms. The van der Waals surface area contributed by atoms with Crippen molar-refractivity contribution in [2.45, 2.75) is 25.3 Å². The van der Waals surface area contributed by atoms with Gasteiger partial charge >= 0.3 is 0 Å². The number of fused-ring (bicyclic) bond motifs is 1. The highest BCUT2D eigenvalue weighted by atomic mass is 16.2. The van der Waals surface area contributed by atoms with E-state index < -0.39 is 0 Å². The lowest BCUT2D eigenvalue weighted by molar-refractivity contribution is -0.118. The van der Waals surface area contributed by atoms with Crippen molar-refractivity contribution in [3.8, 4) is 11.1 Å². The number of hydrogen-bond donors (Lipinski definition) is 2. The molecule has 1 aliphatic rings. The summed E-state index contributed by atoms with van der Waals surface area (Å²) in [6.07, 6.45) is 8.73. The number of pyridine rings is 1. The van der Waals surface area contributed by atoms with E-state index in [-0.39, 0.29) is 11.9 Å². The zero-order valence-corrected chi connectivity index (χ0v) is 14.2. The molecular formula is C19H21N5O. The summed E-state index contributed by atoms with van der Waals surface area (Å²) in [6, 6.07) is 8.01. The van der Waals surface area contributed by atoms with Gasteiger partial charge in [0.05, 0.1) is 12.2 Å². The van der Waals surface area contributed by atoms with E-state index in [1.54, 1.807) is 10.9 Å². The molecule has 6 heteroatoms. The van der Waals surface area contributed by atoms with Crippen LogP contribution in [0.4, 0.5) is 5.82 Å². The van der Waals surface area contributed by atoms with Gasteiger partial charge in [-0.3, -0.25) is 9.48 Å². The number of anilines is 1. The van der Waals surface area contributed by atoms with E-state index >= 15 is 0 Å². The number of piperidine rings is 1. The van der Waals surface area contributed by atoms with Gasteiger partial charge in [-0.25, -0.2) is 4.98 Å². The third-order valence-electron chi connectivity index (χ3n) is 4.64. The first kappa shape index (κ1) is 15.8. The lowest BCUT2D eigenvalue weighted by Gasteiger charge is -2.22. The van der Waals surface area contributed by atoms with Crippen molar-refractivity contribution in [3.63, 3.8) is 0 Å². The molecule has 6 nitrogen and oxygen atoms in total. The van der Waals surface area contributed by atoms with E-state index in [2.05, 4.69) is 32.8 Å². The maximum absolute atomic E-state index is 12.4. The van der Waals surface area contributed by atoms with Crippen molar-refractivity contribution in [3.05, 3.63) is 42.9 Å². The van der Waals surface area contributed by atoms with E-state index in [9.17, 15) is 4.79 Å². The van der Waals surface area contributed by atoms with Crippen LogP contribution in [0.3, 0.4) is 0 Å². The first-order valence-corrected chi connectivity index (χ1v) is 8.62. The first-order chi connectivity index (χ1) is 12.2. The van der Waals surface area contributed by atoms with Crippen LogP contribution in [0.25, 0.3) is 21.9 Å². The highest BCUT2D eigenvalue weighted by Crippen LogP contribution is 2.25. The molecule has 0 unspecified atom stereocenters. The van der Waals surface area contributed by atoms with Crippen molar-refractivity contribution >= 4 is 22.5 Å². The Balaban J connectivity index is 1.59. The second kappa shape index (κ2) is 6.64. The Morgan fingerprint density at radius 2 is 2.12 bits per heavy atom. The molecule has 3 aromatic rings. The van der Waals surface area contributed by atoms with Crippen molar-refractivity contribution in [1.82, 2.24) is 20.1 Å². The summed E-state index contributed by atoms with van der Waals surface area (Å²) in [4.78, 5) is 16.7. The van der Waals surface area contributed by atoms with Crippen LogP contribution >= 0.6 is 0 Å². The van der Waals surface area contributed by atoms with Crippen LogP contribution in [-0.4, -0.2) is 33.3 Å². The number of carbonyl (C=O) groups is 1. The number of aromatic nitrogens is 3. The summed E-state index contributed by atoms with van der Waals surface area (Å²) in [5, 5.41) is 12.5. The number of benzene rings is 1. The molecule has 1 aliphatic heterocycles. The van der Waals surface area contributed by atoms with Crippen molar-refractivity contribution < 1.29 is 4.79 Å². The van der Waals surface area contributed by atoms with E-state index in [1.807, 2.05) is 31.6 Å². The van der Waals surface area contributed by atoms with E-state index in [0.717, 1.165) is 47.7 Å². The van der Waals surface area contributed by atoms with Crippen LogP contribution in [0.1, 0.15) is 19.3 Å².